The van der Waals surface area contributed by atoms with Gasteiger partial charge in [-0.1, -0.05) is 11.3 Å². The van der Waals surface area contributed by atoms with Crippen molar-refractivity contribution < 1.29 is 23.6 Å². The average Bonchev–Trinajstić information content (AvgIpc) is 3.29. The fourth-order valence-corrected chi connectivity index (χ4v) is 4.99. The van der Waals surface area contributed by atoms with Crippen molar-refractivity contribution in [1.29, 1.82) is 0 Å². The highest BCUT2D eigenvalue weighted by Crippen LogP contribution is 2.29. The number of thiophene rings is 1. The highest BCUT2D eigenvalue weighted by molar-refractivity contribution is 7.21. The van der Waals surface area contributed by atoms with E-state index in [2.05, 4.69) is 4.99 Å². The van der Waals surface area contributed by atoms with E-state index in [1.54, 1.807) is 19.1 Å². The van der Waals surface area contributed by atoms with Crippen molar-refractivity contribution in [3.63, 3.8) is 0 Å². The molecule has 0 spiro atoms. The third-order valence-electron chi connectivity index (χ3n) is 4.36. The minimum atomic E-state index is -0.562. The van der Waals surface area contributed by atoms with Crippen LogP contribution in [-0.2, 0) is 16.1 Å². The largest absolute Gasteiger partial charge is 0.465 e. The van der Waals surface area contributed by atoms with Crippen molar-refractivity contribution >= 4 is 60.5 Å². The van der Waals surface area contributed by atoms with Gasteiger partial charge in [-0.25, -0.2) is 4.39 Å². The number of esters is 1. The Kier molecular flexibility index (Phi) is 5.61. The summed E-state index contributed by atoms with van der Waals surface area (Å²) in [6, 6.07) is 9.98. The number of carbonyl (C=O) groups excluding carboxylic acids is 2. The number of nitro benzene ring substituents is 1. The van der Waals surface area contributed by atoms with Crippen molar-refractivity contribution in [3.05, 3.63) is 68.1 Å². The highest BCUT2D eigenvalue weighted by atomic mass is 32.1. The van der Waals surface area contributed by atoms with E-state index in [0.29, 0.717) is 25.2 Å². The molecular formula is C20H14FN3O5S2. The molecule has 0 aliphatic carbocycles. The Morgan fingerprint density at radius 3 is 2.71 bits per heavy atom. The summed E-state index contributed by atoms with van der Waals surface area (Å²) >= 11 is 2.24. The number of benzene rings is 2. The molecule has 11 heteroatoms. The minimum absolute atomic E-state index is 0.0694. The molecule has 0 radical (unpaired) electrons. The molecule has 31 heavy (non-hydrogen) atoms. The summed E-state index contributed by atoms with van der Waals surface area (Å²) in [5.74, 6) is -1.51. The van der Waals surface area contributed by atoms with Gasteiger partial charge < -0.3 is 9.30 Å². The van der Waals surface area contributed by atoms with Gasteiger partial charge in [-0.3, -0.25) is 19.7 Å². The standard InChI is InChI=1S/C20H14FN3O5S2/c1-2-29-18(25)10-23-14-5-3-12(21)9-16(14)31-20(23)22-19(26)17-8-11-7-13(24(27)28)4-6-15(11)30-17/h3-9H,2,10H2,1H3. The lowest BCUT2D eigenvalue weighted by molar-refractivity contribution is -0.384. The van der Waals surface area contributed by atoms with E-state index < -0.39 is 22.6 Å². The Morgan fingerprint density at radius 2 is 1.97 bits per heavy atom. The maximum Gasteiger partial charge on any atom is 0.326 e. The first-order valence-electron chi connectivity index (χ1n) is 9.07. The molecule has 0 aliphatic heterocycles. The van der Waals surface area contributed by atoms with Crippen molar-refractivity contribution in [2.24, 2.45) is 4.99 Å². The van der Waals surface area contributed by atoms with E-state index >= 15 is 0 Å². The topological polar surface area (TPSA) is 104 Å². The van der Waals surface area contributed by atoms with Crippen LogP contribution in [0.4, 0.5) is 10.1 Å². The van der Waals surface area contributed by atoms with Crippen LogP contribution in [0.3, 0.4) is 0 Å². The lowest BCUT2D eigenvalue weighted by Gasteiger charge is -2.04. The fraction of sp³-hybridized carbons (Fsp3) is 0.150. The summed E-state index contributed by atoms with van der Waals surface area (Å²) in [4.78, 5) is 40.0. The van der Waals surface area contributed by atoms with E-state index in [9.17, 15) is 24.1 Å². The molecule has 2 heterocycles. The van der Waals surface area contributed by atoms with Gasteiger partial charge in [0.15, 0.2) is 4.80 Å². The normalized spacial score (nSPS) is 11.9. The maximum absolute atomic E-state index is 13.7. The van der Waals surface area contributed by atoms with Gasteiger partial charge in [-0.05, 0) is 37.3 Å². The van der Waals surface area contributed by atoms with Gasteiger partial charge in [0.25, 0.3) is 11.6 Å². The SMILES string of the molecule is CCOC(=O)Cn1c(=NC(=O)c2cc3cc([N+](=O)[O-])ccc3s2)sc2cc(F)ccc21. The molecule has 0 saturated carbocycles. The van der Waals surface area contributed by atoms with Crippen LogP contribution in [0.5, 0.6) is 0 Å². The van der Waals surface area contributed by atoms with Crippen molar-refractivity contribution in [2.45, 2.75) is 13.5 Å². The van der Waals surface area contributed by atoms with Crippen LogP contribution in [0, 0.1) is 15.9 Å². The second-order valence-electron chi connectivity index (χ2n) is 6.39. The summed E-state index contributed by atoms with van der Waals surface area (Å²) < 4.78 is 21.4. The second kappa shape index (κ2) is 8.36. The Labute approximate surface area is 182 Å². The number of nitro groups is 1. The van der Waals surface area contributed by atoms with Crippen LogP contribution in [0.1, 0.15) is 16.6 Å². The van der Waals surface area contributed by atoms with Gasteiger partial charge in [-0.2, -0.15) is 4.99 Å². The van der Waals surface area contributed by atoms with Gasteiger partial charge in [-0.15, -0.1) is 11.3 Å². The number of hydrogen-bond acceptors (Lipinski definition) is 7. The molecule has 0 N–H and O–H groups in total. The number of nitrogens with zero attached hydrogens (tertiary/aromatic N) is 3. The monoisotopic (exact) mass is 459 g/mol. The van der Waals surface area contributed by atoms with Crippen LogP contribution in [-0.4, -0.2) is 28.0 Å². The maximum atomic E-state index is 13.7. The molecule has 0 unspecified atom stereocenters. The first-order valence-corrected chi connectivity index (χ1v) is 10.7. The summed E-state index contributed by atoms with van der Waals surface area (Å²) in [5.41, 5.74) is 0.484. The molecule has 0 aliphatic rings. The zero-order chi connectivity index (χ0) is 22.1. The quantitative estimate of drug-likeness (QED) is 0.252. The molecule has 8 nitrogen and oxygen atoms in total. The molecule has 0 atom stereocenters. The molecule has 0 bridgehead atoms. The molecule has 2 aromatic heterocycles. The van der Waals surface area contributed by atoms with Gasteiger partial charge in [0, 0.05) is 22.2 Å². The first kappa shape index (κ1) is 20.8. The summed E-state index contributed by atoms with van der Waals surface area (Å²) in [5, 5.41) is 11.5. The molecule has 0 saturated heterocycles. The van der Waals surface area contributed by atoms with Crippen LogP contribution in [0.15, 0.2) is 47.5 Å². The second-order valence-corrected chi connectivity index (χ2v) is 8.49. The van der Waals surface area contributed by atoms with Gasteiger partial charge >= 0.3 is 5.97 Å². The molecular weight excluding hydrogens is 445 g/mol. The molecule has 158 valence electrons. The third-order valence-corrected chi connectivity index (χ3v) is 6.50. The lowest BCUT2D eigenvalue weighted by Crippen LogP contribution is -2.23. The van der Waals surface area contributed by atoms with Crippen molar-refractivity contribution in [3.8, 4) is 0 Å². The number of carbonyl (C=O) groups is 2. The molecule has 1 amide bonds. The predicted molar refractivity (Wildman–Crippen MR) is 115 cm³/mol. The summed E-state index contributed by atoms with van der Waals surface area (Å²) in [7, 11) is 0. The van der Waals surface area contributed by atoms with Gasteiger partial charge in [0.05, 0.1) is 26.6 Å². The number of amides is 1. The van der Waals surface area contributed by atoms with E-state index in [1.807, 2.05) is 0 Å². The summed E-state index contributed by atoms with van der Waals surface area (Å²) in [6.45, 7) is 1.71. The highest BCUT2D eigenvalue weighted by Gasteiger charge is 2.16. The smallest absolute Gasteiger partial charge is 0.326 e. The lowest BCUT2D eigenvalue weighted by atomic mass is 10.2. The van der Waals surface area contributed by atoms with Crippen LogP contribution >= 0.6 is 22.7 Å². The number of hydrogen-bond donors (Lipinski definition) is 0. The number of rotatable bonds is 5. The number of aromatic nitrogens is 1. The Morgan fingerprint density at radius 1 is 1.16 bits per heavy atom. The number of ether oxygens (including phenoxy) is 1. The van der Waals surface area contributed by atoms with Crippen LogP contribution < -0.4 is 4.80 Å². The molecule has 0 fully saturated rings. The first-order chi connectivity index (χ1) is 14.9. The molecule has 2 aromatic carbocycles. The number of non-ortho nitro benzene ring substituents is 1. The Balaban J connectivity index is 1.79. The number of fused-ring (bicyclic) bond motifs is 2. The van der Waals surface area contributed by atoms with Gasteiger partial charge in [0.1, 0.15) is 12.4 Å². The Hall–Kier alpha value is -3.44. The van der Waals surface area contributed by atoms with E-state index in [4.69, 9.17) is 4.74 Å². The van der Waals surface area contributed by atoms with Crippen molar-refractivity contribution in [1.82, 2.24) is 4.57 Å². The zero-order valence-corrected chi connectivity index (χ0v) is 17.7. The van der Waals surface area contributed by atoms with Gasteiger partial charge in [0.2, 0.25) is 0 Å². The van der Waals surface area contributed by atoms with E-state index in [0.717, 1.165) is 22.7 Å². The minimum Gasteiger partial charge on any atom is -0.465 e. The van der Waals surface area contributed by atoms with Crippen molar-refractivity contribution in [2.75, 3.05) is 6.61 Å². The Bertz CT molecular complexity index is 1420. The fourth-order valence-electron chi connectivity index (χ4n) is 3.01. The van der Waals surface area contributed by atoms with E-state index in [-0.39, 0.29) is 23.6 Å². The van der Waals surface area contributed by atoms with Crippen LogP contribution in [0.2, 0.25) is 0 Å². The van der Waals surface area contributed by atoms with Crippen LogP contribution in [0.25, 0.3) is 20.3 Å². The third kappa shape index (κ3) is 4.23. The summed E-state index contributed by atoms with van der Waals surface area (Å²) in [6.07, 6.45) is 0. The molecule has 4 rings (SSSR count). The number of thiazole rings is 1. The predicted octanol–water partition coefficient (Wildman–Crippen LogP) is 4.27. The zero-order valence-electron chi connectivity index (χ0n) is 16.0. The van der Waals surface area contributed by atoms with E-state index in [1.165, 1.54) is 34.9 Å². The molecule has 4 aromatic rings. The number of halogens is 1. The average molecular weight is 459 g/mol.